The monoisotopic (exact) mass is 631 g/mol. The Bertz CT molecular complexity index is 1510. The van der Waals surface area contributed by atoms with E-state index in [1.165, 1.54) is 31.7 Å². The van der Waals surface area contributed by atoms with E-state index < -0.39 is 12.2 Å². The van der Waals surface area contributed by atoms with Crippen molar-refractivity contribution in [3.8, 4) is 0 Å². The SMILES string of the molecule is Cc1cccc2c1N(CC(=O)N1CC3CCC(CC3)C1)C(NC(=O)Nc1cccc(Br)c1)CN=C2c1ccccc1F. The fraction of sp³-hybridized carbons (Fsp3) is 0.364. The van der Waals surface area contributed by atoms with Crippen LogP contribution in [0.15, 0.2) is 76.2 Å². The van der Waals surface area contributed by atoms with Crippen molar-refractivity contribution in [2.45, 2.75) is 38.8 Å². The molecule has 2 saturated heterocycles. The molecule has 1 saturated carbocycles. The summed E-state index contributed by atoms with van der Waals surface area (Å²) in [5.74, 6) is 0.764. The largest absolute Gasteiger partial charge is 0.341 e. The summed E-state index contributed by atoms with van der Waals surface area (Å²) < 4.78 is 16.0. The number of nitrogens with one attached hydrogen (secondary N) is 2. The lowest BCUT2D eigenvalue weighted by molar-refractivity contribution is -0.130. The van der Waals surface area contributed by atoms with Gasteiger partial charge in [-0.05, 0) is 80.3 Å². The maximum atomic E-state index is 15.1. The van der Waals surface area contributed by atoms with Gasteiger partial charge in [-0.1, -0.05) is 52.3 Å². The first-order valence-electron chi connectivity index (χ1n) is 14.6. The van der Waals surface area contributed by atoms with Crippen LogP contribution in [0.25, 0.3) is 0 Å². The molecular weight excluding hydrogens is 597 g/mol. The topological polar surface area (TPSA) is 77.0 Å². The number of nitrogens with zero attached hydrogens (tertiary/aromatic N) is 3. The second-order valence-electron chi connectivity index (χ2n) is 11.6. The molecule has 3 aromatic carbocycles. The minimum atomic E-state index is -0.645. The van der Waals surface area contributed by atoms with Gasteiger partial charge in [0.2, 0.25) is 5.91 Å². The number of hydrogen-bond donors (Lipinski definition) is 2. The molecule has 3 heterocycles. The molecule has 7 rings (SSSR count). The molecular formula is C33H35BrFN5O2. The number of anilines is 2. The summed E-state index contributed by atoms with van der Waals surface area (Å²) >= 11 is 3.44. The summed E-state index contributed by atoms with van der Waals surface area (Å²) in [6.45, 7) is 3.76. The highest BCUT2D eigenvalue weighted by molar-refractivity contribution is 9.10. The van der Waals surface area contributed by atoms with Crippen molar-refractivity contribution in [3.05, 3.63) is 93.7 Å². The van der Waals surface area contributed by atoms with E-state index in [1.54, 1.807) is 24.3 Å². The van der Waals surface area contributed by atoms with E-state index in [2.05, 4.69) is 26.6 Å². The minimum Gasteiger partial charge on any atom is -0.341 e. The maximum absolute atomic E-state index is 15.1. The summed E-state index contributed by atoms with van der Waals surface area (Å²) in [6, 6.07) is 19.3. The lowest BCUT2D eigenvalue weighted by atomic mass is 9.84. The first kappa shape index (κ1) is 28.4. The Morgan fingerprint density at radius 1 is 0.952 bits per heavy atom. The Hall–Kier alpha value is -3.72. The van der Waals surface area contributed by atoms with Crippen molar-refractivity contribution >= 4 is 45.0 Å². The van der Waals surface area contributed by atoms with E-state index in [-0.39, 0.29) is 24.8 Å². The Morgan fingerprint density at radius 2 is 1.64 bits per heavy atom. The lowest BCUT2D eigenvalue weighted by Gasteiger charge is -2.35. The van der Waals surface area contributed by atoms with Gasteiger partial charge in [-0.25, -0.2) is 9.18 Å². The van der Waals surface area contributed by atoms with Gasteiger partial charge < -0.3 is 20.4 Å². The van der Waals surface area contributed by atoms with Gasteiger partial charge in [0.05, 0.1) is 24.5 Å². The van der Waals surface area contributed by atoms with E-state index in [4.69, 9.17) is 4.99 Å². The maximum Gasteiger partial charge on any atom is 0.320 e. The molecule has 3 aliphatic heterocycles. The molecule has 0 aromatic heterocycles. The Balaban J connectivity index is 1.36. The van der Waals surface area contributed by atoms with Crippen molar-refractivity contribution in [1.29, 1.82) is 0 Å². The van der Waals surface area contributed by atoms with Crippen LogP contribution in [0.3, 0.4) is 0 Å². The van der Waals surface area contributed by atoms with Gasteiger partial charge in [-0.15, -0.1) is 0 Å². The van der Waals surface area contributed by atoms with Crippen molar-refractivity contribution in [2.75, 3.05) is 36.4 Å². The molecule has 7 nitrogen and oxygen atoms in total. The third-order valence-electron chi connectivity index (χ3n) is 8.67. The smallest absolute Gasteiger partial charge is 0.320 e. The summed E-state index contributed by atoms with van der Waals surface area (Å²) in [7, 11) is 0. The number of amides is 3. The molecule has 1 aliphatic carbocycles. The van der Waals surface area contributed by atoms with Gasteiger partial charge in [0.1, 0.15) is 12.0 Å². The van der Waals surface area contributed by atoms with Crippen LogP contribution >= 0.6 is 15.9 Å². The number of hydrogen-bond acceptors (Lipinski definition) is 4. The average molecular weight is 633 g/mol. The number of aliphatic imine (C=N–C) groups is 1. The molecule has 0 spiro atoms. The fourth-order valence-corrected chi connectivity index (χ4v) is 6.97. The van der Waals surface area contributed by atoms with Gasteiger partial charge in [0.15, 0.2) is 0 Å². The van der Waals surface area contributed by atoms with Crippen molar-refractivity contribution in [2.24, 2.45) is 16.8 Å². The summed E-state index contributed by atoms with van der Waals surface area (Å²) in [5, 5.41) is 5.97. The van der Waals surface area contributed by atoms with Crippen LogP contribution in [0.5, 0.6) is 0 Å². The molecule has 9 heteroatoms. The highest BCUT2D eigenvalue weighted by atomic mass is 79.9. The zero-order valence-electron chi connectivity index (χ0n) is 23.7. The normalized spacial score (nSPS) is 21.6. The number of benzodiazepines with no additional fused rings is 1. The fourth-order valence-electron chi connectivity index (χ4n) is 6.57. The number of aryl methyl sites for hydroxylation is 1. The molecule has 3 aromatic rings. The molecule has 3 fully saturated rings. The van der Waals surface area contributed by atoms with Gasteiger partial charge in [-0.3, -0.25) is 9.79 Å². The number of para-hydroxylation sites is 1. The molecule has 42 heavy (non-hydrogen) atoms. The van der Waals surface area contributed by atoms with Crippen molar-refractivity contribution < 1.29 is 14.0 Å². The van der Waals surface area contributed by atoms with Crippen LogP contribution in [0.4, 0.5) is 20.6 Å². The molecule has 218 valence electrons. The number of benzene rings is 3. The lowest BCUT2D eigenvalue weighted by Crippen LogP contribution is -2.55. The van der Waals surface area contributed by atoms with E-state index in [0.29, 0.717) is 28.8 Å². The summed E-state index contributed by atoms with van der Waals surface area (Å²) in [6.07, 6.45) is 4.08. The van der Waals surface area contributed by atoms with Crippen LogP contribution in [0.1, 0.15) is 42.4 Å². The summed E-state index contributed by atoms with van der Waals surface area (Å²) in [5.41, 5.74) is 3.95. The molecule has 3 amide bonds. The third-order valence-corrected chi connectivity index (χ3v) is 9.16. The Kier molecular flexibility index (Phi) is 8.29. The van der Waals surface area contributed by atoms with Gasteiger partial charge in [-0.2, -0.15) is 0 Å². The van der Waals surface area contributed by atoms with Crippen molar-refractivity contribution in [3.63, 3.8) is 0 Å². The zero-order valence-corrected chi connectivity index (χ0v) is 25.2. The van der Waals surface area contributed by atoms with Crippen LogP contribution < -0.4 is 15.5 Å². The summed E-state index contributed by atoms with van der Waals surface area (Å²) in [4.78, 5) is 36.2. The number of carbonyl (C=O) groups excluding carboxylic acids is 2. The van der Waals surface area contributed by atoms with Crippen LogP contribution in [-0.4, -0.2) is 54.9 Å². The van der Waals surface area contributed by atoms with Crippen LogP contribution in [-0.2, 0) is 4.79 Å². The van der Waals surface area contributed by atoms with Gasteiger partial charge in [0.25, 0.3) is 0 Å². The molecule has 1 atom stereocenters. The van der Waals surface area contributed by atoms with E-state index in [1.807, 2.05) is 53.1 Å². The molecule has 4 aliphatic rings. The second-order valence-corrected chi connectivity index (χ2v) is 12.5. The highest BCUT2D eigenvalue weighted by Crippen LogP contribution is 2.35. The number of carbonyl (C=O) groups is 2. The van der Waals surface area contributed by atoms with Crippen LogP contribution in [0, 0.1) is 24.6 Å². The van der Waals surface area contributed by atoms with Gasteiger partial charge >= 0.3 is 6.03 Å². The molecule has 0 radical (unpaired) electrons. The van der Waals surface area contributed by atoms with Crippen LogP contribution in [0.2, 0.25) is 0 Å². The molecule has 2 N–H and O–H groups in total. The first-order chi connectivity index (χ1) is 20.4. The predicted octanol–water partition coefficient (Wildman–Crippen LogP) is 6.35. The predicted molar refractivity (Wildman–Crippen MR) is 168 cm³/mol. The number of halogens is 2. The van der Waals surface area contributed by atoms with Crippen molar-refractivity contribution in [1.82, 2.24) is 10.2 Å². The average Bonchev–Trinajstić information content (AvgIpc) is 3.37. The number of rotatable bonds is 5. The van der Waals surface area contributed by atoms with E-state index >= 15 is 4.39 Å². The quantitative estimate of drug-likeness (QED) is 0.344. The standard InChI is InChI=1S/C33H35BrFN5O2/c1-21-6-4-10-27-31(26-9-2-3-11-28(26)35)36-17-29(38-33(42)37-25-8-5-7-24(34)16-25)40(32(21)27)20-30(41)39-18-22-12-13-23(19-39)15-14-22/h2-11,16,22-23,29H,12-15,17-20H2,1H3,(H2,37,38,42). The second kappa shape index (κ2) is 12.3. The third kappa shape index (κ3) is 6.07. The van der Waals surface area contributed by atoms with Gasteiger partial charge in [0, 0.05) is 34.4 Å². The zero-order chi connectivity index (χ0) is 29.2. The number of urea groups is 1. The molecule has 1 unspecified atom stereocenters. The number of fused-ring (bicyclic) bond motifs is 5. The highest BCUT2D eigenvalue weighted by Gasteiger charge is 2.35. The van der Waals surface area contributed by atoms with E-state index in [0.717, 1.165) is 34.4 Å². The minimum absolute atomic E-state index is 0.0385. The Morgan fingerprint density at radius 3 is 2.36 bits per heavy atom. The van der Waals surface area contributed by atoms with E-state index in [9.17, 15) is 9.59 Å². The first-order valence-corrected chi connectivity index (χ1v) is 15.4. The molecule has 2 bridgehead atoms. The Labute approximate surface area is 254 Å².